The van der Waals surface area contributed by atoms with Crippen LogP contribution in [-0.2, 0) is 6.54 Å². The normalized spacial score (nSPS) is 10.5. The van der Waals surface area contributed by atoms with Gasteiger partial charge in [-0.25, -0.2) is 0 Å². The van der Waals surface area contributed by atoms with Gasteiger partial charge >= 0.3 is 0 Å². The van der Waals surface area contributed by atoms with E-state index < -0.39 is 5.91 Å². The van der Waals surface area contributed by atoms with Crippen LogP contribution in [0.4, 0.5) is 11.4 Å². The number of hydrogen-bond acceptors (Lipinski definition) is 5. The summed E-state index contributed by atoms with van der Waals surface area (Å²) in [6.45, 7) is 2.09. The molecule has 8 heteroatoms. The second kappa shape index (κ2) is 9.69. The molecule has 0 aliphatic heterocycles. The van der Waals surface area contributed by atoms with Gasteiger partial charge in [-0.1, -0.05) is 18.2 Å². The lowest BCUT2D eigenvalue weighted by molar-refractivity contribution is 0.0948. The van der Waals surface area contributed by atoms with Crippen molar-refractivity contribution in [3.8, 4) is 0 Å². The fourth-order valence-corrected chi connectivity index (χ4v) is 3.13. The van der Waals surface area contributed by atoms with Gasteiger partial charge in [0.2, 0.25) is 0 Å². The number of rotatable bonds is 7. The summed E-state index contributed by atoms with van der Waals surface area (Å²) in [5.74, 6) is -0.654. The highest BCUT2D eigenvalue weighted by atomic mass is 16.3. The molecule has 4 rings (SSSR count). The SMILES string of the molecule is Cc1ccc(C(=O)NCc2cccc(NC(=O)c3ccco3)c2)cc1NC(=O)c1ccco1. The summed E-state index contributed by atoms with van der Waals surface area (Å²) < 4.78 is 10.2. The minimum Gasteiger partial charge on any atom is -0.459 e. The molecule has 3 amide bonds. The molecule has 2 heterocycles. The third-order valence-corrected chi connectivity index (χ3v) is 4.88. The maximum atomic E-state index is 12.7. The van der Waals surface area contributed by atoms with Crippen molar-refractivity contribution in [2.24, 2.45) is 0 Å². The van der Waals surface area contributed by atoms with Gasteiger partial charge in [0.05, 0.1) is 12.5 Å². The van der Waals surface area contributed by atoms with Crippen LogP contribution in [0.15, 0.2) is 88.1 Å². The second-order valence-corrected chi connectivity index (χ2v) is 7.28. The fourth-order valence-electron chi connectivity index (χ4n) is 3.13. The molecule has 2 aromatic carbocycles. The third-order valence-electron chi connectivity index (χ3n) is 4.88. The maximum Gasteiger partial charge on any atom is 0.291 e. The zero-order chi connectivity index (χ0) is 23.2. The molecule has 0 bridgehead atoms. The Balaban J connectivity index is 1.39. The first-order chi connectivity index (χ1) is 16.0. The lowest BCUT2D eigenvalue weighted by Gasteiger charge is -2.11. The molecule has 0 radical (unpaired) electrons. The predicted molar refractivity (Wildman–Crippen MR) is 122 cm³/mol. The zero-order valence-corrected chi connectivity index (χ0v) is 17.8. The molecule has 0 unspecified atom stereocenters. The highest BCUT2D eigenvalue weighted by Crippen LogP contribution is 2.19. The Morgan fingerprint density at radius 3 is 2.12 bits per heavy atom. The molecule has 2 aromatic heterocycles. The van der Waals surface area contributed by atoms with E-state index in [-0.39, 0.29) is 29.9 Å². The minimum absolute atomic E-state index is 0.184. The molecule has 8 nitrogen and oxygen atoms in total. The number of nitrogens with one attached hydrogen (secondary N) is 3. The maximum absolute atomic E-state index is 12.7. The molecule has 166 valence electrons. The Morgan fingerprint density at radius 2 is 1.45 bits per heavy atom. The summed E-state index contributed by atoms with van der Waals surface area (Å²) in [7, 11) is 0. The van der Waals surface area contributed by atoms with Crippen molar-refractivity contribution in [1.29, 1.82) is 0 Å². The van der Waals surface area contributed by atoms with Crippen LogP contribution >= 0.6 is 0 Å². The van der Waals surface area contributed by atoms with E-state index in [0.29, 0.717) is 16.9 Å². The van der Waals surface area contributed by atoms with Gasteiger partial charge < -0.3 is 24.8 Å². The summed E-state index contributed by atoms with van der Waals surface area (Å²) >= 11 is 0. The minimum atomic E-state index is -0.394. The summed E-state index contributed by atoms with van der Waals surface area (Å²) in [5, 5.41) is 8.36. The number of carbonyl (C=O) groups excluding carboxylic acids is 3. The van der Waals surface area contributed by atoms with Gasteiger partial charge in [-0.2, -0.15) is 0 Å². The van der Waals surface area contributed by atoms with Gasteiger partial charge in [-0.05, 0) is 66.6 Å². The van der Waals surface area contributed by atoms with Crippen LogP contribution in [0, 0.1) is 6.92 Å². The molecule has 3 N–H and O–H groups in total. The first kappa shape index (κ1) is 21.6. The number of furan rings is 2. The molecule has 0 aliphatic carbocycles. The first-order valence-electron chi connectivity index (χ1n) is 10.2. The number of aryl methyl sites for hydroxylation is 1. The van der Waals surface area contributed by atoms with Crippen molar-refractivity contribution in [3.63, 3.8) is 0 Å². The Morgan fingerprint density at radius 1 is 0.758 bits per heavy atom. The fraction of sp³-hybridized carbons (Fsp3) is 0.0800. The molecule has 0 fully saturated rings. The molecule has 0 aliphatic rings. The average molecular weight is 443 g/mol. The van der Waals surface area contributed by atoms with Crippen LogP contribution in [0.2, 0.25) is 0 Å². The topological polar surface area (TPSA) is 114 Å². The van der Waals surface area contributed by atoms with E-state index in [0.717, 1.165) is 11.1 Å². The lowest BCUT2D eigenvalue weighted by Crippen LogP contribution is -2.23. The van der Waals surface area contributed by atoms with E-state index in [4.69, 9.17) is 8.83 Å². The van der Waals surface area contributed by atoms with Gasteiger partial charge in [0.25, 0.3) is 17.7 Å². The molecule has 33 heavy (non-hydrogen) atoms. The Kier molecular flexibility index (Phi) is 6.36. The highest BCUT2D eigenvalue weighted by molar-refractivity contribution is 6.04. The third kappa shape index (κ3) is 5.37. The monoisotopic (exact) mass is 443 g/mol. The van der Waals surface area contributed by atoms with E-state index in [2.05, 4.69) is 16.0 Å². The number of amides is 3. The smallest absolute Gasteiger partial charge is 0.291 e. The van der Waals surface area contributed by atoms with Crippen molar-refractivity contribution in [2.75, 3.05) is 10.6 Å². The molecular formula is C25H21N3O5. The molecule has 0 atom stereocenters. The van der Waals surface area contributed by atoms with Gasteiger partial charge in [-0.15, -0.1) is 0 Å². The van der Waals surface area contributed by atoms with Crippen molar-refractivity contribution >= 4 is 29.1 Å². The van der Waals surface area contributed by atoms with E-state index in [1.807, 2.05) is 13.0 Å². The van der Waals surface area contributed by atoms with E-state index in [9.17, 15) is 14.4 Å². The quantitative estimate of drug-likeness (QED) is 0.386. The molecular weight excluding hydrogens is 422 g/mol. The number of anilines is 2. The molecule has 0 saturated carbocycles. The Hall–Kier alpha value is -4.59. The highest BCUT2D eigenvalue weighted by Gasteiger charge is 2.13. The summed E-state index contributed by atoms with van der Waals surface area (Å²) in [4.78, 5) is 37.1. The van der Waals surface area contributed by atoms with Crippen molar-refractivity contribution in [3.05, 3.63) is 107 Å². The van der Waals surface area contributed by atoms with Gasteiger partial charge in [-0.3, -0.25) is 14.4 Å². The van der Waals surface area contributed by atoms with Gasteiger partial charge in [0.1, 0.15) is 0 Å². The van der Waals surface area contributed by atoms with Crippen LogP contribution < -0.4 is 16.0 Å². The average Bonchev–Trinajstić information content (AvgIpc) is 3.54. The van der Waals surface area contributed by atoms with Gasteiger partial charge in [0, 0.05) is 23.5 Å². The predicted octanol–water partition coefficient (Wildman–Crippen LogP) is 4.62. The van der Waals surface area contributed by atoms with Crippen LogP contribution in [0.1, 0.15) is 42.6 Å². The second-order valence-electron chi connectivity index (χ2n) is 7.28. The van der Waals surface area contributed by atoms with Crippen molar-refractivity contribution in [2.45, 2.75) is 13.5 Å². The molecule has 0 spiro atoms. The first-order valence-corrected chi connectivity index (χ1v) is 10.2. The van der Waals surface area contributed by atoms with Crippen molar-refractivity contribution < 1.29 is 23.2 Å². The lowest BCUT2D eigenvalue weighted by atomic mass is 10.1. The van der Waals surface area contributed by atoms with Crippen LogP contribution in [-0.4, -0.2) is 17.7 Å². The number of carbonyl (C=O) groups is 3. The van der Waals surface area contributed by atoms with Gasteiger partial charge in [0.15, 0.2) is 11.5 Å². The number of hydrogen-bond donors (Lipinski definition) is 3. The van der Waals surface area contributed by atoms with E-state index in [1.165, 1.54) is 12.5 Å². The van der Waals surface area contributed by atoms with E-state index >= 15 is 0 Å². The standard InChI is InChI=1S/C25H21N3O5/c1-16-9-10-18(14-20(16)28-25(31)22-8-4-12-33-22)23(29)26-15-17-5-2-6-19(13-17)27-24(30)21-7-3-11-32-21/h2-14H,15H2,1H3,(H,26,29)(H,27,30)(H,28,31). The van der Waals surface area contributed by atoms with Crippen LogP contribution in [0.3, 0.4) is 0 Å². The summed E-state index contributed by atoms with van der Waals surface area (Å²) in [5.41, 5.74) is 3.12. The zero-order valence-electron chi connectivity index (χ0n) is 17.8. The Labute approximate surface area is 189 Å². The van der Waals surface area contributed by atoms with E-state index in [1.54, 1.807) is 60.7 Å². The summed E-state index contributed by atoms with van der Waals surface area (Å²) in [6.07, 6.45) is 2.85. The van der Waals surface area contributed by atoms with Crippen LogP contribution in [0.5, 0.6) is 0 Å². The number of benzene rings is 2. The molecule has 0 saturated heterocycles. The van der Waals surface area contributed by atoms with Crippen molar-refractivity contribution in [1.82, 2.24) is 5.32 Å². The van der Waals surface area contributed by atoms with Crippen LogP contribution in [0.25, 0.3) is 0 Å². The summed E-state index contributed by atoms with van der Waals surface area (Å²) in [6, 6.07) is 18.6. The molecule has 4 aromatic rings. The Bertz CT molecular complexity index is 1280. The largest absolute Gasteiger partial charge is 0.459 e.